The highest BCUT2D eigenvalue weighted by molar-refractivity contribution is 7.89. The van der Waals surface area contributed by atoms with Gasteiger partial charge in [-0.2, -0.15) is 4.31 Å². The molecule has 1 aliphatic heterocycles. The van der Waals surface area contributed by atoms with E-state index in [1.807, 2.05) is 20.8 Å². The summed E-state index contributed by atoms with van der Waals surface area (Å²) in [7, 11) is -3.74. The number of benzene rings is 2. The molecule has 2 aromatic rings. The fourth-order valence-corrected chi connectivity index (χ4v) is 5.02. The molecule has 0 atom stereocenters. The average molecular weight is 462 g/mol. The van der Waals surface area contributed by atoms with E-state index >= 15 is 0 Å². The van der Waals surface area contributed by atoms with Gasteiger partial charge < -0.3 is 10.6 Å². The van der Waals surface area contributed by atoms with E-state index < -0.39 is 21.4 Å². The lowest BCUT2D eigenvalue weighted by atomic mass is 9.97. The summed E-state index contributed by atoms with van der Waals surface area (Å²) in [4.78, 5) is 25.5. The first kappa shape index (κ1) is 23.9. The van der Waals surface area contributed by atoms with Crippen molar-refractivity contribution in [2.24, 2.45) is 5.92 Å². The molecular formula is C23H28FN3O4S. The molecule has 0 aromatic heterocycles. The number of hydrogen-bond donors (Lipinski definition) is 2. The number of hydrogen-bond acceptors (Lipinski definition) is 4. The molecule has 0 radical (unpaired) electrons. The molecule has 1 saturated heterocycles. The van der Waals surface area contributed by atoms with Crippen LogP contribution in [0, 0.1) is 11.7 Å². The zero-order chi connectivity index (χ0) is 23.5. The van der Waals surface area contributed by atoms with Gasteiger partial charge >= 0.3 is 0 Å². The van der Waals surface area contributed by atoms with Gasteiger partial charge in [0.05, 0.1) is 16.1 Å². The van der Waals surface area contributed by atoms with Gasteiger partial charge in [-0.3, -0.25) is 9.59 Å². The van der Waals surface area contributed by atoms with E-state index in [1.54, 1.807) is 24.3 Å². The molecule has 2 N–H and O–H groups in total. The molecule has 32 heavy (non-hydrogen) atoms. The molecule has 7 nitrogen and oxygen atoms in total. The third-order valence-corrected chi connectivity index (χ3v) is 7.11. The van der Waals surface area contributed by atoms with Crippen LogP contribution < -0.4 is 10.6 Å². The highest BCUT2D eigenvalue weighted by atomic mass is 32.2. The summed E-state index contributed by atoms with van der Waals surface area (Å²) >= 11 is 0. The molecule has 2 amide bonds. The van der Waals surface area contributed by atoms with Crippen LogP contribution in [-0.4, -0.2) is 43.2 Å². The Morgan fingerprint density at radius 2 is 1.59 bits per heavy atom. The standard InChI is InChI=1S/C23H28FN3O4S/c1-23(2,3)26-22(29)19-6-4-5-7-20(19)25-21(28)16-12-14-27(15-13-16)32(30,31)18-10-8-17(24)9-11-18/h4-11,16H,12-15H2,1-3H3,(H,25,28)(H,26,29). The Kier molecular flexibility index (Phi) is 7.00. The zero-order valence-electron chi connectivity index (χ0n) is 18.4. The van der Waals surface area contributed by atoms with E-state index in [0.717, 1.165) is 12.1 Å². The van der Waals surface area contributed by atoms with Crippen molar-refractivity contribution in [3.63, 3.8) is 0 Å². The van der Waals surface area contributed by atoms with E-state index in [-0.39, 0.29) is 35.7 Å². The van der Waals surface area contributed by atoms with Gasteiger partial charge in [-0.1, -0.05) is 12.1 Å². The maximum atomic E-state index is 13.1. The molecule has 2 aromatic carbocycles. The van der Waals surface area contributed by atoms with Crippen LogP contribution in [0.3, 0.4) is 0 Å². The highest BCUT2D eigenvalue weighted by Crippen LogP contribution is 2.26. The number of para-hydroxylation sites is 1. The molecule has 0 unspecified atom stereocenters. The van der Waals surface area contributed by atoms with Crippen molar-refractivity contribution in [1.29, 1.82) is 0 Å². The van der Waals surface area contributed by atoms with Crippen LogP contribution in [0.1, 0.15) is 44.0 Å². The summed E-state index contributed by atoms with van der Waals surface area (Å²) in [5.41, 5.74) is 0.365. The maximum Gasteiger partial charge on any atom is 0.253 e. The zero-order valence-corrected chi connectivity index (χ0v) is 19.2. The van der Waals surface area contributed by atoms with Crippen LogP contribution in [0.25, 0.3) is 0 Å². The molecule has 1 aliphatic rings. The fraction of sp³-hybridized carbons (Fsp3) is 0.391. The van der Waals surface area contributed by atoms with Crippen LogP contribution in [0.5, 0.6) is 0 Å². The minimum Gasteiger partial charge on any atom is -0.347 e. The molecule has 0 saturated carbocycles. The van der Waals surface area contributed by atoms with Gasteiger partial charge in [-0.25, -0.2) is 12.8 Å². The van der Waals surface area contributed by atoms with Crippen molar-refractivity contribution in [3.05, 3.63) is 59.9 Å². The summed E-state index contributed by atoms with van der Waals surface area (Å²) in [6, 6.07) is 11.5. The van der Waals surface area contributed by atoms with Gasteiger partial charge in [-0.15, -0.1) is 0 Å². The summed E-state index contributed by atoms with van der Waals surface area (Å²) in [6.45, 7) is 5.99. The van der Waals surface area contributed by atoms with Crippen molar-refractivity contribution in [1.82, 2.24) is 9.62 Å². The second kappa shape index (κ2) is 9.38. The number of nitrogens with one attached hydrogen (secondary N) is 2. The van der Waals surface area contributed by atoms with Crippen LogP contribution in [0.4, 0.5) is 10.1 Å². The number of sulfonamides is 1. The number of amides is 2. The van der Waals surface area contributed by atoms with E-state index in [0.29, 0.717) is 24.1 Å². The predicted molar refractivity (Wildman–Crippen MR) is 120 cm³/mol. The maximum absolute atomic E-state index is 13.1. The van der Waals surface area contributed by atoms with E-state index in [9.17, 15) is 22.4 Å². The Balaban J connectivity index is 1.64. The molecule has 0 spiro atoms. The van der Waals surface area contributed by atoms with Crippen molar-refractivity contribution >= 4 is 27.5 Å². The van der Waals surface area contributed by atoms with E-state index in [4.69, 9.17) is 0 Å². The lowest BCUT2D eigenvalue weighted by Gasteiger charge is -2.30. The Morgan fingerprint density at radius 3 is 2.19 bits per heavy atom. The van der Waals surface area contributed by atoms with Crippen LogP contribution in [0.2, 0.25) is 0 Å². The van der Waals surface area contributed by atoms with Gasteiger partial charge in [0.1, 0.15) is 5.82 Å². The monoisotopic (exact) mass is 461 g/mol. The van der Waals surface area contributed by atoms with Gasteiger partial charge in [0, 0.05) is 24.5 Å². The Bertz CT molecular complexity index is 1090. The van der Waals surface area contributed by atoms with Crippen molar-refractivity contribution < 1.29 is 22.4 Å². The number of halogens is 1. The number of carbonyl (C=O) groups is 2. The molecule has 3 rings (SSSR count). The van der Waals surface area contributed by atoms with Gasteiger partial charge in [0.2, 0.25) is 15.9 Å². The minimum absolute atomic E-state index is 0.0283. The Labute approximate surface area is 188 Å². The van der Waals surface area contributed by atoms with Gasteiger partial charge in [0.25, 0.3) is 5.91 Å². The molecule has 9 heteroatoms. The fourth-order valence-electron chi connectivity index (χ4n) is 3.55. The smallest absolute Gasteiger partial charge is 0.253 e. The second-order valence-electron chi connectivity index (χ2n) is 8.87. The number of anilines is 1. The third kappa shape index (κ3) is 5.72. The largest absolute Gasteiger partial charge is 0.347 e. The molecule has 1 heterocycles. The van der Waals surface area contributed by atoms with Crippen molar-refractivity contribution in [2.75, 3.05) is 18.4 Å². The van der Waals surface area contributed by atoms with Crippen LogP contribution in [-0.2, 0) is 14.8 Å². The Hall–Kier alpha value is -2.78. The Morgan fingerprint density at radius 1 is 1.00 bits per heavy atom. The number of rotatable bonds is 5. The lowest BCUT2D eigenvalue weighted by molar-refractivity contribution is -0.120. The van der Waals surface area contributed by atoms with Crippen molar-refractivity contribution in [2.45, 2.75) is 44.0 Å². The molecule has 1 fully saturated rings. The quantitative estimate of drug-likeness (QED) is 0.714. The first-order valence-electron chi connectivity index (χ1n) is 10.5. The molecule has 0 aliphatic carbocycles. The summed E-state index contributed by atoms with van der Waals surface area (Å²) in [5.74, 6) is -1.42. The average Bonchev–Trinajstić information content (AvgIpc) is 2.73. The molecule has 172 valence electrons. The van der Waals surface area contributed by atoms with Gasteiger partial charge in [-0.05, 0) is 70.0 Å². The normalized spacial score (nSPS) is 15.9. The SMILES string of the molecule is CC(C)(C)NC(=O)c1ccccc1NC(=O)C1CCN(S(=O)(=O)c2ccc(F)cc2)CC1. The number of piperidine rings is 1. The highest BCUT2D eigenvalue weighted by Gasteiger charge is 2.32. The first-order chi connectivity index (χ1) is 15.0. The first-order valence-corrected chi connectivity index (χ1v) is 11.9. The number of nitrogens with zero attached hydrogens (tertiary/aromatic N) is 1. The minimum atomic E-state index is -3.74. The summed E-state index contributed by atoms with van der Waals surface area (Å²) in [5, 5.41) is 5.71. The van der Waals surface area contributed by atoms with E-state index in [2.05, 4.69) is 10.6 Å². The lowest BCUT2D eigenvalue weighted by Crippen LogP contribution is -2.42. The molecular weight excluding hydrogens is 433 g/mol. The van der Waals surface area contributed by atoms with E-state index in [1.165, 1.54) is 16.4 Å². The topological polar surface area (TPSA) is 95.6 Å². The van der Waals surface area contributed by atoms with Crippen molar-refractivity contribution in [3.8, 4) is 0 Å². The van der Waals surface area contributed by atoms with Gasteiger partial charge in [0.15, 0.2) is 0 Å². The number of carbonyl (C=O) groups excluding carboxylic acids is 2. The third-order valence-electron chi connectivity index (χ3n) is 5.19. The summed E-state index contributed by atoms with van der Waals surface area (Å²) < 4.78 is 39.9. The molecule has 0 bridgehead atoms. The second-order valence-corrected chi connectivity index (χ2v) is 10.8. The van der Waals surface area contributed by atoms with Crippen LogP contribution in [0.15, 0.2) is 53.4 Å². The summed E-state index contributed by atoms with van der Waals surface area (Å²) in [6.07, 6.45) is 0.700. The predicted octanol–water partition coefficient (Wildman–Crippen LogP) is 3.39. The van der Waals surface area contributed by atoms with Crippen LogP contribution >= 0.6 is 0 Å².